The number of hydrogen-bond acceptors (Lipinski definition) is 4. The van der Waals surface area contributed by atoms with E-state index in [9.17, 15) is 9.59 Å². The van der Waals surface area contributed by atoms with E-state index >= 15 is 0 Å². The lowest BCUT2D eigenvalue weighted by molar-refractivity contribution is -0.136. The van der Waals surface area contributed by atoms with Crippen molar-refractivity contribution < 1.29 is 19.1 Å². The summed E-state index contributed by atoms with van der Waals surface area (Å²) in [5.74, 6) is -0.400. The zero-order chi connectivity index (χ0) is 21.2. The van der Waals surface area contributed by atoms with Crippen LogP contribution in [0.4, 0.5) is 0 Å². The van der Waals surface area contributed by atoms with Gasteiger partial charge >= 0.3 is 11.9 Å². The van der Waals surface area contributed by atoms with E-state index in [0.717, 1.165) is 44.5 Å². The van der Waals surface area contributed by atoms with Gasteiger partial charge in [0.05, 0.1) is 0 Å². The SMILES string of the molecule is CC(=O)OC(=C(OC(C)=O)c1c(C)cc(C)cc1C)c1c(C)cc(C)cc1C. The lowest BCUT2D eigenvalue weighted by Crippen LogP contribution is -2.11. The Kier molecular flexibility index (Phi) is 6.45. The van der Waals surface area contributed by atoms with E-state index in [-0.39, 0.29) is 11.5 Å². The molecule has 148 valence electrons. The minimum Gasteiger partial charge on any atom is -0.422 e. The van der Waals surface area contributed by atoms with Crippen LogP contribution in [-0.4, -0.2) is 11.9 Å². The number of aryl methyl sites for hydroxylation is 6. The van der Waals surface area contributed by atoms with E-state index in [2.05, 4.69) is 0 Å². The Morgan fingerprint density at radius 1 is 0.571 bits per heavy atom. The average molecular weight is 380 g/mol. The van der Waals surface area contributed by atoms with Crippen molar-refractivity contribution in [2.75, 3.05) is 0 Å². The molecule has 28 heavy (non-hydrogen) atoms. The van der Waals surface area contributed by atoms with Gasteiger partial charge in [0.2, 0.25) is 0 Å². The number of carbonyl (C=O) groups excluding carboxylic acids is 2. The number of hydrogen-bond donors (Lipinski definition) is 0. The van der Waals surface area contributed by atoms with Crippen molar-refractivity contribution in [3.63, 3.8) is 0 Å². The topological polar surface area (TPSA) is 52.6 Å². The molecule has 0 unspecified atom stereocenters. The van der Waals surface area contributed by atoms with Gasteiger partial charge in [-0.2, -0.15) is 0 Å². The van der Waals surface area contributed by atoms with E-state index in [1.165, 1.54) is 13.8 Å². The molecule has 0 aliphatic rings. The molecular formula is C24H28O4. The minimum atomic E-state index is -0.471. The quantitative estimate of drug-likeness (QED) is 0.400. The van der Waals surface area contributed by atoms with Gasteiger partial charge in [0.15, 0.2) is 11.5 Å². The smallest absolute Gasteiger partial charge is 0.308 e. The van der Waals surface area contributed by atoms with Crippen LogP contribution in [0.2, 0.25) is 0 Å². The Morgan fingerprint density at radius 3 is 1.04 bits per heavy atom. The Labute approximate surface area is 167 Å². The van der Waals surface area contributed by atoms with Gasteiger partial charge in [-0.25, -0.2) is 0 Å². The van der Waals surface area contributed by atoms with Gasteiger partial charge in [-0.1, -0.05) is 35.4 Å². The molecule has 4 heteroatoms. The van der Waals surface area contributed by atoms with Crippen molar-refractivity contribution in [2.45, 2.75) is 55.4 Å². The molecule has 0 spiro atoms. The summed E-state index contributed by atoms with van der Waals surface area (Å²) in [6.45, 7) is 14.6. The second kappa shape index (κ2) is 8.42. The fraction of sp³-hybridized carbons (Fsp3) is 0.333. The predicted octanol–water partition coefficient (Wildman–Crippen LogP) is 5.49. The summed E-state index contributed by atoms with van der Waals surface area (Å²) < 4.78 is 11.3. The number of carbonyl (C=O) groups is 2. The molecule has 0 radical (unpaired) electrons. The first-order chi connectivity index (χ1) is 13.0. The number of ether oxygens (including phenoxy) is 2. The average Bonchev–Trinajstić information content (AvgIpc) is 2.50. The van der Waals surface area contributed by atoms with Gasteiger partial charge in [-0.05, 0) is 63.8 Å². The molecule has 0 aliphatic carbocycles. The van der Waals surface area contributed by atoms with Crippen LogP contribution < -0.4 is 0 Å². The molecule has 2 rings (SSSR count). The number of esters is 2. The number of rotatable bonds is 4. The predicted molar refractivity (Wildman–Crippen MR) is 112 cm³/mol. The van der Waals surface area contributed by atoms with Crippen LogP contribution in [-0.2, 0) is 19.1 Å². The van der Waals surface area contributed by atoms with E-state index in [0.29, 0.717) is 0 Å². The third-order valence-electron chi connectivity index (χ3n) is 4.51. The van der Waals surface area contributed by atoms with Gasteiger partial charge in [0, 0.05) is 25.0 Å². The molecule has 0 saturated heterocycles. The fourth-order valence-electron chi connectivity index (χ4n) is 3.79. The summed E-state index contributed by atoms with van der Waals surface area (Å²) in [5.41, 5.74) is 7.52. The standard InChI is InChI=1S/C24H28O4/c1-13-9-15(3)21(16(4)10-13)23(27-19(7)25)24(28-20(8)26)22-17(5)11-14(2)12-18(22)6/h9-12H,1-8H3. The molecule has 2 aromatic rings. The van der Waals surface area contributed by atoms with E-state index < -0.39 is 11.9 Å². The first-order valence-electron chi connectivity index (χ1n) is 9.28. The van der Waals surface area contributed by atoms with Crippen LogP contribution in [0.25, 0.3) is 11.5 Å². The summed E-state index contributed by atoms with van der Waals surface area (Å²) in [4.78, 5) is 23.9. The maximum atomic E-state index is 12.0. The largest absolute Gasteiger partial charge is 0.422 e. The maximum absolute atomic E-state index is 12.0. The lowest BCUT2D eigenvalue weighted by atomic mass is 9.93. The highest BCUT2D eigenvalue weighted by molar-refractivity contribution is 5.95. The highest BCUT2D eigenvalue weighted by Crippen LogP contribution is 2.36. The fourth-order valence-corrected chi connectivity index (χ4v) is 3.79. The Balaban J connectivity index is 2.97. The van der Waals surface area contributed by atoms with Gasteiger partial charge < -0.3 is 9.47 Å². The summed E-state index contributed by atoms with van der Waals surface area (Å²) >= 11 is 0. The van der Waals surface area contributed by atoms with Crippen LogP contribution >= 0.6 is 0 Å². The molecule has 0 heterocycles. The van der Waals surface area contributed by atoms with Gasteiger partial charge in [0.1, 0.15) is 0 Å². The molecule has 0 atom stereocenters. The number of benzene rings is 2. The van der Waals surface area contributed by atoms with Crippen molar-refractivity contribution in [1.29, 1.82) is 0 Å². The highest BCUT2D eigenvalue weighted by atomic mass is 16.6. The molecule has 0 bridgehead atoms. The van der Waals surface area contributed by atoms with E-state index in [1.54, 1.807) is 0 Å². The molecule has 0 aromatic heterocycles. The molecule has 2 aromatic carbocycles. The monoisotopic (exact) mass is 380 g/mol. The van der Waals surface area contributed by atoms with E-state index in [1.807, 2.05) is 65.8 Å². The third kappa shape index (κ3) is 4.69. The van der Waals surface area contributed by atoms with Crippen molar-refractivity contribution in [1.82, 2.24) is 0 Å². The normalized spacial score (nSPS) is 11.7. The summed E-state index contributed by atoms with van der Waals surface area (Å²) in [6, 6.07) is 8.08. The van der Waals surface area contributed by atoms with Crippen molar-refractivity contribution in [2.24, 2.45) is 0 Å². The Bertz CT molecular complexity index is 855. The molecule has 0 fully saturated rings. The third-order valence-corrected chi connectivity index (χ3v) is 4.51. The second-order valence-electron chi connectivity index (χ2n) is 7.39. The summed E-state index contributed by atoms with van der Waals surface area (Å²) in [7, 11) is 0. The zero-order valence-electron chi connectivity index (χ0n) is 17.9. The lowest BCUT2D eigenvalue weighted by Gasteiger charge is -2.21. The minimum absolute atomic E-state index is 0.271. The Morgan fingerprint density at radius 2 is 0.821 bits per heavy atom. The van der Waals surface area contributed by atoms with Crippen molar-refractivity contribution >= 4 is 23.5 Å². The molecule has 0 N–H and O–H groups in total. The maximum Gasteiger partial charge on any atom is 0.308 e. The summed E-state index contributed by atoms with van der Waals surface area (Å²) in [6.07, 6.45) is 0. The summed E-state index contributed by atoms with van der Waals surface area (Å²) in [5, 5.41) is 0. The van der Waals surface area contributed by atoms with Gasteiger partial charge in [-0.15, -0.1) is 0 Å². The van der Waals surface area contributed by atoms with Crippen molar-refractivity contribution in [3.05, 3.63) is 68.8 Å². The van der Waals surface area contributed by atoms with Crippen LogP contribution in [0.5, 0.6) is 0 Å². The zero-order valence-corrected chi connectivity index (χ0v) is 17.9. The van der Waals surface area contributed by atoms with Crippen LogP contribution in [0.15, 0.2) is 24.3 Å². The Hall–Kier alpha value is -2.88. The molecule has 4 nitrogen and oxygen atoms in total. The van der Waals surface area contributed by atoms with Crippen molar-refractivity contribution in [3.8, 4) is 0 Å². The van der Waals surface area contributed by atoms with Crippen LogP contribution in [0.3, 0.4) is 0 Å². The second-order valence-corrected chi connectivity index (χ2v) is 7.39. The first kappa shape index (κ1) is 21.4. The van der Waals surface area contributed by atoms with Gasteiger partial charge in [-0.3, -0.25) is 9.59 Å². The molecule has 0 aliphatic heterocycles. The van der Waals surface area contributed by atoms with Gasteiger partial charge in [0.25, 0.3) is 0 Å². The van der Waals surface area contributed by atoms with E-state index in [4.69, 9.17) is 9.47 Å². The molecule has 0 amide bonds. The molecule has 0 saturated carbocycles. The van der Waals surface area contributed by atoms with Crippen LogP contribution in [0, 0.1) is 41.5 Å². The highest BCUT2D eigenvalue weighted by Gasteiger charge is 2.24. The first-order valence-corrected chi connectivity index (χ1v) is 9.28. The van der Waals surface area contributed by atoms with Crippen LogP contribution in [0.1, 0.15) is 58.4 Å². The molecular weight excluding hydrogens is 352 g/mol.